The molecule has 2 aromatic rings. The first-order valence-electron chi connectivity index (χ1n) is 6.95. The lowest BCUT2D eigenvalue weighted by Crippen LogP contribution is -2.00. The van der Waals surface area contributed by atoms with Gasteiger partial charge in [0.25, 0.3) is 0 Å². The molecule has 1 atom stereocenters. The Morgan fingerprint density at radius 3 is 2.40 bits per heavy atom. The van der Waals surface area contributed by atoms with Gasteiger partial charge in [-0.3, -0.25) is 0 Å². The van der Waals surface area contributed by atoms with E-state index in [1.54, 1.807) is 12.1 Å². The molecule has 3 N–H and O–H groups in total. The summed E-state index contributed by atoms with van der Waals surface area (Å²) in [4.78, 5) is 0. The van der Waals surface area contributed by atoms with Crippen LogP contribution in [0, 0.1) is 0 Å². The fourth-order valence-corrected chi connectivity index (χ4v) is 2.08. The molecule has 0 saturated carbocycles. The summed E-state index contributed by atoms with van der Waals surface area (Å²) in [5.74, 6) is 0.423. The molecule has 2 aromatic carbocycles. The van der Waals surface area contributed by atoms with Gasteiger partial charge in [0.05, 0.1) is 0 Å². The van der Waals surface area contributed by atoms with Crippen LogP contribution in [0.4, 0.5) is 5.69 Å². The molecular formula is C17H21NO2. The molecule has 0 bridgehead atoms. The number of hydrogen-bond acceptors (Lipinski definition) is 3. The molecule has 0 aliphatic rings. The van der Waals surface area contributed by atoms with Crippen LogP contribution in [0.5, 0.6) is 11.5 Å². The van der Waals surface area contributed by atoms with Crippen LogP contribution in [0.3, 0.4) is 0 Å². The number of anilines is 1. The second-order valence-corrected chi connectivity index (χ2v) is 5.07. The molecule has 106 valence electrons. The summed E-state index contributed by atoms with van der Waals surface area (Å²) in [6.45, 7) is 4.87. The molecule has 20 heavy (non-hydrogen) atoms. The number of aromatic hydroxyl groups is 2. The molecule has 0 heterocycles. The third-order valence-corrected chi connectivity index (χ3v) is 3.67. The molecule has 0 aliphatic carbocycles. The normalized spacial score (nSPS) is 12.1. The van der Waals surface area contributed by atoms with E-state index in [4.69, 9.17) is 0 Å². The number of para-hydroxylation sites is 1. The number of phenolic OH excluding ortho intramolecular Hbond substituents is 2. The lowest BCUT2D eigenvalue weighted by Gasteiger charge is -2.12. The maximum atomic E-state index is 9.73. The first-order valence-corrected chi connectivity index (χ1v) is 6.95. The maximum Gasteiger partial charge on any atom is 0.162 e. The zero-order valence-corrected chi connectivity index (χ0v) is 11.9. The number of phenols is 2. The number of benzene rings is 2. The Hall–Kier alpha value is -2.16. The van der Waals surface area contributed by atoms with Crippen molar-refractivity contribution in [3.05, 3.63) is 53.6 Å². The van der Waals surface area contributed by atoms with E-state index in [1.165, 1.54) is 11.6 Å². The monoisotopic (exact) mass is 271 g/mol. The van der Waals surface area contributed by atoms with Crippen molar-refractivity contribution in [2.45, 2.75) is 32.7 Å². The molecule has 0 aromatic heterocycles. The lowest BCUT2D eigenvalue weighted by atomic mass is 9.98. The molecule has 0 saturated heterocycles. The highest BCUT2D eigenvalue weighted by Crippen LogP contribution is 2.29. The van der Waals surface area contributed by atoms with Gasteiger partial charge < -0.3 is 15.5 Å². The van der Waals surface area contributed by atoms with Gasteiger partial charge in [-0.2, -0.15) is 0 Å². The topological polar surface area (TPSA) is 52.5 Å². The quantitative estimate of drug-likeness (QED) is 0.713. The Kier molecular flexibility index (Phi) is 4.51. The van der Waals surface area contributed by atoms with Gasteiger partial charge in [0.2, 0.25) is 0 Å². The van der Waals surface area contributed by atoms with Crippen molar-refractivity contribution in [2.75, 3.05) is 5.32 Å². The van der Waals surface area contributed by atoms with E-state index in [1.807, 2.05) is 12.1 Å². The first-order chi connectivity index (χ1) is 9.61. The van der Waals surface area contributed by atoms with E-state index >= 15 is 0 Å². The molecule has 3 heteroatoms. The predicted octanol–water partition coefficient (Wildman–Crippen LogP) is 4.22. The minimum Gasteiger partial charge on any atom is -0.504 e. The Morgan fingerprint density at radius 1 is 1.05 bits per heavy atom. The van der Waals surface area contributed by atoms with E-state index in [9.17, 15) is 10.2 Å². The second-order valence-electron chi connectivity index (χ2n) is 5.07. The van der Waals surface area contributed by atoms with Crippen LogP contribution in [0.2, 0.25) is 0 Å². The number of rotatable bonds is 5. The van der Waals surface area contributed by atoms with Crippen molar-refractivity contribution in [3.8, 4) is 11.5 Å². The average molecular weight is 271 g/mol. The van der Waals surface area contributed by atoms with Crippen LogP contribution < -0.4 is 5.32 Å². The van der Waals surface area contributed by atoms with Crippen LogP contribution in [-0.2, 0) is 6.54 Å². The second kappa shape index (κ2) is 6.33. The van der Waals surface area contributed by atoms with Gasteiger partial charge in [-0.05, 0) is 36.1 Å². The zero-order chi connectivity index (χ0) is 14.5. The van der Waals surface area contributed by atoms with E-state index in [0.29, 0.717) is 18.0 Å². The fourth-order valence-electron chi connectivity index (χ4n) is 2.08. The summed E-state index contributed by atoms with van der Waals surface area (Å²) in [7, 11) is 0. The van der Waals surface area contributed by atoms with E-state index in [0.717, 1.165) is 12.1 Å². The minimum absolute atomic E-state index is 0.0591. The van der Waals surface area contributed by atoms with Gasteiger partial charge in [-0.1, -0.05) is 38.1 Å². The van der Waals surface area contributed by atoms with Crippen LogP contribution in [-0.4, -0.2) is 10.2 Å². The fraction of sp³-hybridized carbons (Fsp3) is 0.294. The molecule has 0 aliphatic heterocycles. The largest absolute Gasteiger partial charge is 0.504 e. The number of nitrogens with one attached hydrogen (secondary N) is 1. The molecule has 1 unspecified atom stereocenters. The third-order valence-electron chi connectivity index (χ3n) is 3.67. The summed E-state index contributed by atoms with van der Waals surface area (Å²) in [5.41, 5.74) is 3.01. The third kappa shape index (κ3) is 3.23. The highest BCUT2D eigenvalue weighted by Gasteiger charge is 2.06. The van der Waals surface area contributed by atoms with Crippen molar-refractivity contribution in [1.29, 1.82) is 0 Å². The Balaban J connectivity index is 2.02. The predicted molar refractivity (Wildman–Crippen MR) is 82.2 cm³/mol. The summed E-state index contributed by atoms with van der Waals surface area (Å²) in [5, 5.41) is 22.4. The summed E-state index contributed by atoms with van der Waals surface area (Å²) >= 11 is 0. The maximum absolute atomic E-state index is 9.73. The smallest absolute Gasteiger partial charge is 0.162 e. The van der Waals surface area contributed by atoms with Gasteiger partial charge in [0.15, 0.2) is 11.5 Å². The lowest BCUT2D eigenvalue weighted by molar-refractivity contribution is 0.400. The van der Waals surface area contributed by atoms with Gasteiger partial charge in [0.1, 0.15) is 0 Å². The van der Waals surface area contributed by atoms with Crippen LogP contribution in [0.1, 0.15) is 37.3 Å². The molecular weight excluding hydrogens is 250 g/mol. The highest BCUT2D eigenvalue weighted by molar-refractivity contribution is 5.49. The Bertz CT molecular complexity index is 564. The van der Waals surface area contributed by atoms with Gasteiger partial charge >= 0.3 is 0 Å². The van der Waals surface area contributed by atoms with Crippen molar-refractivity contribution < 1.29 is 10.2 Å². The Labute approximate surface area is 119 Å². The van der Waals surface area contributed by atoms with Gasteiger partial charge in [-0.15, -0.1) is 0 Å². The Morgan fingerprint density at radius 2 is 1.75 bits per heavy atom. The standard InChI is InChI=1S/C17H21NO2/c1-3-12(2)13-7-9-15(10-8-13)18-11-14-5-4-6-16(19)17(14)20/h4-10,12,18-20H,3,11H2,1-2H3. The molecule has 0 spiro atoms. The average Bonchev–Trinajstić information content (AvgIpc) is 2.48. The van der Waals surface area contributed by atoms with Gasteiger partial charge in [-0.25, -0.2) is 0 Å². The van der Waals surface area contributed by atoms with E-state index in [2.05, 4.69) is 31.3 Å². The SMILES string of the molecule is CCC(C)c1ccc(NCc2cccc(O)c2O)cc1. The van der Waals surface area contributed by atoms with E-state index in [-0.39, 0.29) is 11.5 Å². The van der Waals surface area contributed by atoms with Gasteiger partial charge in [0, 0.05) is 17.8 Å². The highest BCUT2D eigenvalue weighted by atomic mass is 16.3. The van der Waals surface area contributed by atoms with Crippen molar-refractivity contribution in [3.63, 3.8) is 0 Å². The summed E-state index contributed by atoms with van der Waals surface area (Å²) in [6, 6.07) is 13.3. The first kappa shape index (κ1) is 14.3. The zero-order valence-electron chi connectivity index (χ0n) is 11.9. The molecule has 3 nitrogen and oxygen atoms in total. The molecule has 0 radical (unpaired) electrons. The van der Waals surface area contributed by atoms with Crippen molar-refractivity contribution in [1.82, 2.24) is 0 Å². The summed E-state index contributed by atoms with van der Waals surface area (Å²) < 4.78 is 0. The number of hydrogen-bond donors (Lipinski definition) is 3. The van der Waals surface area contributed by atoms with Crippen molar-refractivity contribution in [2.24, 2.45) is 0 Å². The molecule has 0 amide bonds. The van der Waals surface area contributed by atoms with Crippen LogP contribution in [0.15, 0.2) is 42.5 Å². The van der Waals surface area contributed by atoms with Crippen LogP contribution in [0.25, 0.3) is 0 Å². The molecule has 2 rings (SSSR count). The summed E-state index contributed by atoms with van der Waals surface area (Å²) in [6.07, 6.45) is 1.13. The minimum atomic E-state index is -0.0866. The van der Waals surface area contributed by atoms with E-state index < -0.39 is 0 Å². The van der Waals surface area contributed by atoms with Crippen LogP contribution >= 0.6 is 0 Å². The van der Waals surface area contributed by atoms with Crippen molar-refractivity contribution >= 4 is 5.69 Å². The molecule has 0 fully saturated rings.